The van der Waals surface area contributed by atoms with E-state index >= 15 is 0 Å². The van der Waals surface area contributed by atoms with Crippen LogP contribution in [0.25, 0.3) is 0 Å². The van der Waals surface area contributed by atoms with Crippen molar-refractivity contribution in [1.82, 2.24) is 15.3 Å². The molecule has 1 aromatic carbocycles. The number of nitrogens with zero attached hydrogens (tertiary/aromatic N) is 2. The van der Waals surface area contributed by atoms with E-state index in [2.05, 4.69) is 20.6 Å². The summed E-state index contributed by atoms with van der Waals surface area (Å²) in [6.07, 6.45) is -2.79. The fourth-order valence-corrected chi connectivity index (χ4v) is 2.52. The molecule has 1 aliphatic rings. The maximum atomic E-state index is 12.6. The highest BCUT2D eigenvalue weighted by Gasteiger charge is 2.33. The molecule has 130 valence electrons. The van der Waals surface area contributed by atoms with Crippen molar-refractivity contribution in [3.05, 3.63) is 53.6 Å². The van der Waals surface area contributed by atoms with E-state index in [-0.39, 0.29) is 11.8 Å². The highest BCUT2D eigenvalue weighted by Crippen LogP contribution is 2.27. The van der Waals surface area contributed by atoms with Crippen molar-refractivity contribution in [2.24, 2.45) is 0 Å². The molecule has 2 N–H and O–H groups in total. The molecule has 2 aromatic rings. The van der Waals surface area contributed by atoms with Gasteiger partial charge >= 0.3 is 6.18 Å². The number of hydrogen-bond donors (Lipinski definition) is 2. The van der Waals surface area contributed by atoms with Crippen LogP contribution in [0.5, 0.6) is 0 Å². The van der Waals surface area contributed by atoms with Gasteiger partial charge in [-0.25, -0.2) is 4.98 Å². The van der Waals surface area contributed by atoms with Gasteiger partial charge < -0.3 is 10.6 Å². The zero-order valence-electron chi connectivity index (χ0n) is 12.8. The fraction of sp³-hybridized carbons (Fsp3) is 0.250. The zero-order chi connectivity index (χ0) is 18.0. The van der Waals surface area contributed by atoms with E-state index in [4.69, 9.17) is 0 Å². The highest BCUT2D eigenvalue weighted by molar-refractivity contribution is 6.02. The van der Waals surface area contributed by atoms with Crippen molar-refractivity contribution in [3.63, 3.8) is 0 Å². The number of anilines is 1. The molecule has 6 nitrogen and oxygen atoms in total. The van der Waals surface area contributed by atoms with E-state index in [9.17, 15) is 22.8 Å². The van der Waals surface area contributed by atoms with E-state index in [1.165, 1.54) is 0 Å². The van der Waals surface area contributed by atoms with Gasteiger partial charge in [-0.2, -0.15) is 13.2 Å². The van der Waals surface area contributed by atoms with Gasteiger partial charge in [-0.05, 0) is 17.7 Å². The van der Waals surface area contributed by atoms with Crippen LogP contribution in [0.1, 0.15) is 34.1 Å². The molecular formula is C16H13F3N4O2. The largest absolute Gasteiger partial charge is 0.434 e. The predicted octanol–water partition coefficient (Wildman–Crippen LogP) is 2.35. The Labute approximate surface area is 140 Å². The summed E-state index contributed by atoms with van der Waals surface area (Å²) in [6.45, 7) is 0.509. The van der Waals surface area contributed by atoms with Gasteiger partial charge in [-0.1, -0.05) is 12.1 Å². The van der Waals surface area contributed by atoms with Crippen LogP contribution < -0.4 is 10.6 Å². The van der Waals surface area contributed by atoms with Gasteiger partial charge in [0, 0.05) is 24.6 Å². The molecule has 0 radical (unpaired) electrons. The molecule has 1 fully saturated rings. The number of carbonyl (C=O) groups is 2. The summed E-state index contributed by atoms with van der Waals surface area (Å²) in [5.41, 5.74) is -0.408. The van der Waals surface area contributed by atoms with E-state index in [1.54, 1.807) is 18.2 Å². The molecular weight excluding hydrogens is 337 g/mol. The number of carbonyl (C=O) groups excluding carboxylic acids is 2. The molecule has 0 saturated carbocycles. The lowest BCUT2D eigenvalue weighted by molar-refractivity contribution is -0.141. The minimum Gasteiger partial charge on any atom is -0.355 e. The molecule has 0 spiro atoms. The molecule has 0 bridgehead atoms. The lowest BCUT2D eigenvalue weighted by Gasteiger charge is -2.11. The molecule has 1 saturated heterocycles. The second-order valence-electron chi connectivity index (χ2n) is 5.57. The smallest absolute Gasteiger partial charge is 0.355 e. The first-order chi connectivity index (χ1) is 11.8. The van der Waals surface area contributed by atoms with Crippen LogP contribution in [-0.4, -0.2) is 28.3 Å². The topological polar surface area (TPSA) is 84.0 Å². The lowest BCUT2D eigenvalue weighted by Crippen LogP contribution is -2.18. The number of benzene rings is 1. The Morgan fingerprint density at radius 3 is 2.76 bits per heavy atom. The predicted molar refractivity (Wildman–Crippen MR) is 81.8 cm³/mol. The van der Waals surface area contributed by atoms with Crippen LogP contribution >= 0.6 is 0 Å². The SMILES string of the molecule is O=C1CC(c2cccc(NC(=O)c3cncc(C(F)(F)F)n3)c2)CN1. The van der Waals surface area contributed by atoms with Gasteiger partial charge in [-0.3, -0.25) is 14.6 Å². The molecule has 1 aliphatic heterocycles. The number of rotatable bonds is 3. The average molecular weight is 350 g/mol. The normalized spacial score (nSPS) is 17.2. The number of amides is 2. The Kier molecular flexibility index (Phi) is 4.39. The summed E-state index contributed by atoms with van der Waals surface area (Å²) in [5.74, 6) is -0.840. The Morgan fingerprint density at radius 2 is 2.08 bits per heavy atom. The summed E-state index contributed by atoms with van der Waals surface area (Å²) in [5, 5.41) is 5.22. The van der Waals surface area contributed by atoms with E-state index < -0.39 is 23.5 Å². The van der Waals surface area contributed by atoms with Crippen LogP contribution in [0.15, 0.2) is 36.7 Å². The number of halogens is 3. The van der Waals surface area contributed by atoms with Crippen LogP contribution in [0.2, 0.25) is 0 Å². The van der Waals surface area contributed by atoms with Crippen molar-refractivity contribution in [1.29, 1.82) is 0 Å². The molecule has 25 heavy (non-hydrogen) atoms. The van der Waals surface area contributed by atoms with Crippen LogP contribution in [-0.2, 0) is 11.0 Å². The van der Waals surface area contributed by atoms with E-state index in [0.29, 0.717) is 24.8 Å². The maximum Gasteiger partial charge on any atom is 0.434 e. The Balaban J connectivity index is 1.76. The molecule has 2 heterocycles. The van der Waals surface area contributed by atoms with Gasteiger partial charge in [-0.15, -0.1) is 0 Å². The van der Waals surface area contributed by atoms with Crippen LogP contribution in [0.4, 0.5) is 18.9 Å². The maximum absolute atomic E-state index is 12.6. The van der Waals surface area contributed by atoms with Gasteiger partial charge in [0.25, 0.3) is 5.91 Å². The second kappa shape index (κ2) is 6.50. The van der Waals surface area contributed by atoms with Crippen molar-refractivity contribution < 1.29 is 22.8 Å². The quantitative estimate of drug-likeness (QED) is 0.890. The van der Waals surface area contributed by atoms with Crippen molar-refractivity contribution >= 4 is 17.5 Å². The molecule has 0 aliphatic carbocycles. The van der Waals surface area contributed by atoms with Crippen LogP contribution in [0, 0.1) is 0 Å². The van der Waals surface area contributed by atoms with Gasteiger partial charge in [0.2, 0.25) is 5.91 Å². The first-order valence-corrected chi connectivity index (χ1v) is 7.40. The zero-order valence-corrected chi connectivity index (χ0v) is 12.8. The molecule has 1 unspecified atom stereocenters. The van der Waals surface area contributed by atoms with Gasteiger partial charge in [0.05, 0.1) is 12.4 Å². The summed E-state index contributed by atoms with van der Waals surface area (Å²) in [6, 6.07) is 6.81. The molecule has 2 amide bonds. The van der Waals surface area contributed by atoms with Gasteiger partial charge in [0.1, 0.15) is 5.69 Å². The molecule has 1 aromatic heterocycles. The third kappa shape index (κ3) is 3.93. The molecule has 9 heteroatoms. The standard InChI is InChI=1S/C16H13F3N4O2/c17-16(18,19)13-8-20-7-12(23-13)15(25)22-11-3-1-2-9(4-11)10-5-14(24)21-6-10/h1-4,7-8,10H,5-6H2,(H,21,24)(H,22,25). The first-order valence-electron chi connectivity index (χ1n) is 7.40. The second-order valence-corrected chi connectivity index (χ2v) is 5.57. The van der Waals surface area contributed by atoms with E-state index in [1.807, 2.05) is 6.07 Å². The third-order valence-electron chi connectivity index (χ3n) is 3.75. The van der Waals surface area contributed by atoms with Crippen LogP contribution in [0.3, 0.4) is 0 Å². The Bertz CT molecular complexity index is 823. The highest BCUT2D eigenvalue weighted by atomic mass is 19.4. The Hall–Kier alpha value is -2.97. The summed E-state index contributed by atoms with van der Waals surface area (Å²) in [7, 11) is 0. The molecule has 3 rings (SSSR count). The number of hydrogen-bond acceptors (Lipinski definition) is 4. The number of aromatic nitrogens is 2. The monoisotopic (exact) mass is 350 g/mol. The summed E-state index contributed by atoms with van der Waals surface area (Å²) < 4.78 is 37.9. The first kappa shape index (κ1) is 16.9. The van der Waals surface area contributed by atoms with Crippen molar-refractivity contribution in [2.45, 2.75) is 18.5 Å². The third-order valence-corrected chi connectivity index (χ3v) is 3.75. The fourth-order valence-electron chi connectivity index (χ4n) is 2.52. The number of nitrogens with one attached hydrogen (secondary N) is 2. The van der Waals surface area contributed by atoms with Gasteiger partial charge in [0.15, 0.2) is 5.69 Å². The Morgan fingerprint density at radius 1 is 1.28 bits per heavy atom. The van der Waals surface area contributed by atoms with Crippen molar-refractivity contribution in [2.75, 3.05) is 11.9 Å². The number of alkyl halides is 3. The van der Waals surface area contributed by atoms with Crippen molar-refractivity contribution in [3.8, 4) is 0 Å². The van der Waals surface area contributed by atoms with E-state index in [0.717, 1.165) is 11.8 Å². The molecule has 1 atom stereocenters. The average Bonchev–Trinajstić information content (AvgIpc) is 3.01. The minimum absolute atomic E-state index is 0.00213. The summed E-state index contributed by atoms with van der Waals surface area (Å²) in [4.78, 5) is 30.1. The summed E-state index contributed by atoms with van der Waals surface area (Å²) >= 11 is 0. The lowest BCUT2D eigenvalue weighted by atomic mass is 9.98. The minimum atomic E-state index is -4.68.